The average Bonchev–Trinajstić information content (AvgIpc) is 3.23. The maximum absolute atomic E-state index is 4.77. The Hall–Kier alpha value is -3.11. The molecular formula is C28H30N4. The zero-order valence-corrected chi connectivity index (χ0v) is 18.5. The fraction of sp³-hybridized carbons (Fsp3) is 0.321. The van der Waals surface area contributed by atoms with Crippen LogP contribution >= 0.6 is 0 Å². The Labute approximate surface area is 190 Å². The van der Waals surface area contributed by atoms with Gasteiger partial charge >= 0.3 is 0 Å². The highest BCUT2D eigenvalue weighted by atomic mass is 15.3. The molecule has 0 unspecified atom stereocenters. The molecule has 2 heterocycles. The van der Waals surface area contributed by atoms with Crippen molar-refractivity contribution in [2.45, 2.75) is 31.3 Å². The van der Waals surface area contributed by atoms with Crippen LogP contribution in [0.5, 0.6) is 0 Å². The molecule has 4 aromatic rings. The van der Waals surface area contributed by atoms with Crippen molar-refractivity contribution in [2.75, 3.05) is 31.1 Å². The second-order valence-corrected chi connectivity index (χ2v) is 9.16. The van der Waals surface area contributed by atoms with Gasteiger partial charge in [0.2, 0.25) is 0 Å². The number of benzene rings is 3. The van der Waals surface area contributed by atoms with Crippen molar-refractivity contribution in [1.82, 2.24) is 14.5 Å². The minimum atomic E-state index is 0.105. The van der Waals surface area contributed by atoms with Crippen molar-refractivity contribution in [2.24, 2.45) is 0 Å². The van der Waals surface area contributed by atoms with Gasteiger partial charge in [-0.1, -0.05) is 67.1 Å². The SMILES string of the molecule is c1ccc(C(c2ccccc2)n2cnc3ccc(N4CCN(C5CCC5)CC4)cc32)cc1. The summed E-state index contributed by atoms with van der Waals surface area (Å²) in [5, 5.41) is 0. The van der Waals surface area contributed by atoms with E-state index >= 15 is 0 Å². The fourth-order valence-electron chi connectivity index (χ4n) is 5.30. The number of piperazine rings is 1. The highest BCUT2D eigenvalue weighted by Crippen LogP contribution is 2.32. The van der Waals surface area contributed by atoms with E-state index in [0.29, 0.717) is 0 Å². The summed E-state index contributed by atoms with van der Waals surface area (Å²) in [5.41, 5.74) is 6.11. The summed E-state index contributed by atoms with van der Waals surface area (Å²) in [6.45, 7) is 4.57. The number of hydrogen-bond donors (Lipinski definition) is 0. The Morgan fingerprint density at radius 1 is 0.750 bits per heavy atom. The summed E-state index contributed by atoms with van der Waals surface area (Å²) in [6.07, 6.45) is 6.21. The smallest absolute Gasteiger partial charge is 0.0966 e. The van der Waals surface area contributed by atoms with E-state index in [1.54, 1.807) is 0 Å². The molecule has 4 nitrogen and oxygen atoms in total. The summed E-state index contributed by atoms with van der Waals surface area (Å²) in [6, 6.07) is 29.2. The number of hydrogen-bond acceptors (Lipinski definition) is 3. The summed E-state index contributed by atoms with van der Waals surface area (Å²) in [4.78, 5) is 10.0. The van der Waals surface area contributed by atoms with Gasteiger partial charge in [-0.15, -0.1) is 0 Å². The highest BCUT2D eigenvalue weighted by Gasteiger charge is 2.28. The molecule has 6 rings (SSSR count). The van der Waals surface area contributed by atoms with Crippen molar-refractivity contribution in [3.05, 3.63) is 96.3 Å². The van der Waals surface area contributed by atoms with Crippen LogP contribution in [0.15, 0.2) is 85.2 Å². The Morgan fingerprint density at radius 3 is 2.00 bits per heavy atom. The van der Waals surface area contributed by atoms with Gasteiger partial charge in [0.15, 0.2) is 0 Å². The second-order valence-electron chi connectivity index (χ2n) is 9.16. The van der Waals surface area contributed by atoms with Crippen molar-refractivity contribution >= 4 is 16.7 Å². The van der Waals surface area contributed by atoms with Crippen LogP contribution in [0.2, 0.25) is 0 Å². The second kappa shape index (κ2) is 8.44. The highest BCUT2D eigenvalue weighted by molar-refractivity contribution is 5.80. The topological polar surface area (TPSA) is 24.3 Å². The molecule has 1 aromatic heterocycles. The minimum Gasteiger partial charge on any atom is -0.369 e. The van der Waals surface area contributed by atoms with E-state index in [1.807, 2.05) is 6.33 Å². The largest absolute Gasteiger partial charge is 0.369 e. The third kappa shape index (κ3) is 3.59. The quantitative estimate of drug-likeness (QED) is 0.433. The van der Waals surface area contributed by atoms with Gasteiger partial charge in [0.25, 0.3) is 0 Å². The Bertz CT molecular complexity index is 1130. The molecule has 2 aliphatic rings. The van der Waals surface area contributed by atoms with Gasteiger partial charge in [-0.2, -0.15) is 0 Å². The molecular weight excluding hydrogens is 392 g/mol. The molecule has 1 aliphatic heterocycles. The number of fused-ring (bicyclic) bond motifs is 1. The van der Waals surface area contributed by atoms with Gasteiger partial charge in [0.1, 0.15) is 0 Å². The van der Waals surface area contributed by atoms with Crippen molar-refractivity contribution in [3.8, 4) is 0 Å². The molecule has 2 fully saturated rings. The van der Waals surface area contributed by atoms with E-state index in [9.17, 15) is 0 Å². The summed E-state index contributed by atoms with van der Waals surface area (Å²) in [7, 11) is 0. The average molecular weight is 423 g/mol. The van der Waals surface area contributed by atoms with E-state index in [0.717, 1.165) is 24.6 Å². The summed E-state index contributed by atoms with van der Waals surface area (Å²) in [5.74, 6) is 0. The summed E-state index contributed by atoms with van der Waals surface area (Å²) < 4.78 is 2.34. The van der Waals surface area contributed by atoms with E-state index < -0.39 is 0 Å². The predicted molar refractivity (Wildman–Crippen MR) is 131 cm³/mol. The van der Waals surface area contributed by atoms with E-state index in [-0.39, 0.29) is 6.04 Å². The molecule has 1 aliphatic carbocycles. The third-order valence-corrected chi connectivity index (χ3v) is 7.34. The lowest BCUT2D eigenvalue weighted by atomic mass is 9.91. The lowest BCUT2D eigenvalue weighted by Crippen LogP contribution is -2.52. The first-order valence-electron chi connectivity index (χ1n) is 11.9. The molecule has 0 radical (unpaired) electrons. The van der Waals surface area contributed by atoms with Gasteiger partial charge in [0, 0.05) is 37.9 Å². The number of aromatic nitrogens is 2. The Kier molecular flexibility index (Phi) is 5.16. The van der Waals surface area contributed by atoms with Crippen LogP contribution in [0.4, 0.5) is 5.69 Å². The van der Waals surface area contributed by atoms with Crippen LogP contribution in [0.25, 0.3) is 11.0 Å². The van der Waals surface area contributed by atoms with Crippen molar-refractivity contribution in [3.63, 3.8) is 0 Å². The molecule has 1 saturated heterocycles. The van der Waals surface area contributed by atoms with E-state index in [4.69, 9.17) is 4.98 Å². The van der Waals surface area contributed by atoms with Gasteiger partial charge in [-0.05, 0) is 42.2 Å². The number of anilines is 1. The van der Waals surface area contributed by atoms with Crippen LogP contribution < -0.4 is 4.90 Å². The van der Waals surface area contributed by atoms with E-state index in [2.05, 4.69) is 93.2 Å². The van der Waals surface area contributed by atoms with Crippen molar-refractivity contribution in [1.29, 1.82) is 0 Å². The first kappa shape index (κ1) is 19.6. The minimum absolute atomic E-state index is 0.105. The lowest BCUT2D eigenvalue weighted by Gasteiger charge is -2.43. The zero-order chi connectivity index (χ0) is 21.3. The van der Waals surface area contributed by atoms with Crippen LogP contribution in [0.3, 0.4) is 0 Å². The molecule has 4 heteroatoms. The zero-order valence-electron chi connectivity index (χ0n) is 18.5. The van der Waals surface area contributed by atoms with Crippen LogP contribution in [-0.4, -0.2) is 46.7 Å². The Balaban J connectivity index is 1.35. The van der Waals surface area contributed by atoms with Gasteiger partial charge in [-0.25, -0.2) is 4.98 Å². The first-order valence-corrected chi connectivity index (χ1v) is 11.9. The summed E-state index contributed by atoms with van der Waals surface area (Å²) >= 11 is 0. The Morgan fingerprint density at radius 2 is 1.41 bits per heavy atom. The molecule has 3 aromatic carbocycles. The fourth-order valence-corrected chi connectivity index (χ4v) is 5.30. The lowest BCUT2D eigenvalue weighted by molar-refractivity contribution is 0.120. The number of nitrogens with zero attached hydrogens (tertiary/aromatic N) is 4. The van der Waals surface area contributed by atoms with Gasteiger partial charge in [-0.3, -0.25) is 4.90 Å². The third-order valence-electron chi connectivity index (χ3n) is 7.34. The molecule has 0 amide bonds. The van der Waals surface area contributed by atoms with Crippen LogP contribution in [0.1, 0.15) is 36.4 Å². The monoisotopic (exact) mass is 422 g/mol. The molecule has 162 valence electrons. The van der Waals surface area contributed by atoms with Crippen LogP contribution in [-0.2, 0) is 0 Å². The maximum Gasteiger partial charge on any atom is 0.0966 e. The van der Waals surface area contributed by atoms with Gasteiger partial charge < -0.3 is 9.47 Å². The predicted octanol–water partition coefficient (Wildman–Crippen LogP) is 5.35. The van der Waals surface area contributed by atoms with E-state index in [1.165, 1.54) is 54.7 Å². The first-order chi connectivity index (χ1) is 15.9. The van der Waals surface area contributed by atoms with Gasteiger partial charge in [0.05, 0.1) is 23.4 Å². The number of rotatable bonds is 5. The molecule has 0 spiro atoms. The maximum atomic E-state index is 4.77. The molecule has 0 atom stereocenters. The molecule has 1 saturated carbocycles. The molecule has 0 N–H and O–H groups in total. The van der Waals surface area contributed by atoms with Crippen molar-refractivity contribution < 1.29 is 0 Å². The normalized spacial score (nSPS) is 17.7. The molecule has 0 bridgehead atoms. The standard InChI is InChI=1S/C28H30N4/c1-3-8-22(9-4-1)28(23-10-5-2-6-11-23)32-21-29-26-15-14-25(20-27(26)32)31-18-16-30(17-19-31)24-12-7-13-24/h1-6,8-11,14-15,20-21,24,28H,7,12-13,16-19H2. The van der Waals surface area contributed by atoms with Crippen LogP contribution in [0, 0.1) is 0 Å². The number of imidazole rings is 1. The molecule has 32 heavy (non-hydrogen) atoms.